The molecule has 1 heterocycles. The molecule has 1 atom stereocenters. The fourth-order valence-corrected chi connectivity index (χ4v) is 3.51. The lowest BCUT2D eigenvalue weighted by Crippen LogP contribution is -2.11. The van der Waals surface area contributed by atoms with Gasteiger partial charge in [0.2, 0.25) is 0 Å². The highest BCUT2D eigenvalue weighted by molar-refractivity contribution is 9.09. The number of hydrogen-bond acceptors (Lipinski definition) is 1. The van der Waals surface area contributed by atoms with Crippen LogP contribution in [0.5, 0.6) is 0 Å². The number of alkyl halides is 1. The molecule has 2 heteroatoms. The highest BCUT2D eigenvalue weighted by Crippen LogP contribution is 2.29. The molecule has 0 aliphatic heterocycles. The van der Waals surface area contributed by atoms with Gasteiger partial charge in [-0.05, 0) is 37.3 Å². The molecule has 0 radical (unpaired) electrons. The minimum absolute atomic E-state index is 0.591. The topological polar surface area (TPSA) is 12.9 Å². The molecule has 1 nitrogen and oxygen atoms in total. The van der Waals surface area contributed by atoms with Crippen molar-refractivity contribution >= 4 is 15.9 Å². The summed E-state index contributed by atoms with van der Waals surface area (Å²) in [5, 5.41) is 0. The van der Waals surface area contributed by atoms with E-state index >= 15 is 0 Å². The summed E-state index contributed by atoms with van der Waals surface area (Å²) in [5.74, 6) is 0.989. The zero-order chi connectivity index (χ0) is 12.8. The number of pyridine rings is 1. The van der Waals surface area contributed by atoms with Crippen LogP contribution in [-0.4, -0.2) is 9.81 Å². The summed E-state index contributed by atoms with van der Waals surface area (Å²) < 4.78 is 0. The number of halogens is 1. The van der Waals surface area contributed by atoms with Crippen LogP contribution in [0.25, 0.3) is 0 Å². The first-order valence-corrected chi connectivity index (χ1v) is 8.22. The first-order valence-electron chi connectivity index (χ1n) is 7.30. The Morgan fingerprint density at radius 2 is 2.11 bits per heavy atom. The van der Waals surface area contributed by atoms with Gasteiger partial charge in [-0.15, -0.1) is 0 Å². The second kappa shape index (κ2) is 7.28. The molecule has 0 bridgehead atoms. The summed E-state index contributed by atoms with van der Waals surface area (Å²) in [5.41, 5.74) is 2.57. The van der Waals surface area contributed by atoms with Crippen molar-refractivity contribution in [3.63, 3.8) is 0 Å². The minimum Gasteiger partial charge on any atom is -0.261 e. The van der Waals surface area contributed by atoms with Crippen LogP contribution in [0.2, 0.25) is 0 Å². The molecular weight excluding hydrogens is 286 g/mol. The van der Waals surface area contributed by atoms with Gasteiger partial charge in [-0.1, -0.05) is 54.1 Å². The number of aryl methyl sites for hydroxylation is 1. The second-order valence-corrected chi connectivity index (χ2v) is 6.94. The molecule has 0 spiro atoms. The van der Waals surface area contributed by atoms with E-state index in [9.17, 15) is 0 Å². The van der Waals surface area contributed by atoms with E-state index in [1.807, 2.05) is 12.3 Å². The summed E-state index contributed by atoms with van der Waals surface area (Å²) in [7, 11) is 0. The van der Waals surface area contributed by atoms with Crippen LogP contribution >= 0.6 is 15.9 Å². The van der Waals surface area contributed by atoms with Crippen LogP contribution in [0.1, 0.15) is 56.2 Å². The lowest BCUT2D eigenvalue weighted by atomic mass is 9.85. The molecule has 0 N–H and O–H groups in total. The summed E-state index contributed by atoms with van der Waals surface area (Å²) in [6.45, 7) is 2.16. The Morgan fingerprint density at radius 3 is 2.83 bits per heavy atom. The molecule has 1 aromatic rings. The lowest BCUT2D eigenvalue weighted by molar-refractivity contribution is 0.331. The quantitative estimate of drug-likeness (QED) is 0.693. The molecule has 1 aliphatic carbocycles. The Hall–Kier alpha value is -0.370. The Bertz CT molecular complexity index is 358. The molecule has 0 saturated heterocycles. The highest BCUT2D eigenvalue weighted by atomic mass is 79.9. The summed E-state index contributed by atoms with van der Waals surface area (Å²) in [6, 6.07) is 4.17. The molecular formula is C16H24BrN. The van der Waals surface area contributed by atoms with Gasteiger partial charge in [0.1, 0.15) is 0 Å². The molecule has 1 aliphatic rings. The largest absolute Gasteiger partial charge is 0.261 e. The molecule has 1 aromatic heterocycles. The Morgan fingerprint density at radius 1 is 1.33 bits per heavy atom. The average molecular weight is 310 g/mol. The van der Waals surface area contributed by atoms with Gasteiger partial charge in [-0.2, -0.15) is 0 Å². The van der Waals surface area contributed by atoms with Crippen molar-refractivity contribution < 1.29 is 0 Å². The van der Waals surface area contributed by atoms with Crippen molar-refractivity contribution in [1.29, 1.82) is 0 Å². The van der Waals surface area contributed by atoms with E-state index in [-0.39, 0.29) is 0 Å². The monoisotopic (exact) mass is 309 g/mol. The van der Waals surface area contributed by atoms with Crippen molar-refractivity contribution in [3.8, 4) is 0 Å². The van der Waals surface area contributed by atoms with E-state index in [2.05, 4.69) is 33.9 Å². The van der Waals surface area contributed by atoms with Crippen molar-refractivity contribution in [1.82, 2.24) is 4.98 Å². The summed E-state index contributed by atoms with van der Waals surface area (Å²) >= 11 is 3.84. The number of nitrogens with zero attached hydrogens (tertiary/aromatic N) is 1. The third kappa shape index (κ3) is 4.38. The predicted octanol–water partition coefficient (Wildman–Crippen LogP) is 5.06. The Balaban J connectivity index is 1.74. The molecule has 100 valence electrons. The Labute approximate surface area is 120 Å². The van der Waals surface area contributed by atoms with Crippen molar-refractivity contribution in [2.45, 2.75) is 63.1 Å². The van der Waals surface area contributed by atoms with Crippen LogP contribution in [0.3, 0.4) is 0 Å². The van der Waals surface area contributed by atoms with Crippen LogP contribution in [0.15, 0.2) is 18.3 Å². The van der Waals surface area contributed by atoms with E-state index in [4.69, 9.17) is 0 Å². The van der Waals surface area contributed by atoms with Crippen molar-refractivity contribution in [2.24, 2.45) is 5.92 Å². The van der Waals surface area contributed by atoms with Gasteiger partial charge >= 0.3 is 0 Å². The standard InChI is InChI=1S/C16H24BrN/c1-13-6-5-11-18-16(13)12-15(17)10-9-14-7-3-2-4-8-14/h5-6,11,14-15H,2-4,7-10,12H2,1H3. The molecule has 0 aromatic carbocycles. The first-order chi connectivity index (χ1) is 8.75. The van der Waals surface area contributed by atoms with Gasteiger partial charge in [-0.25, -0.2) is 0 Å². The SMILES string of the molecule is Cc1cccnc1CC(Br)CCC1CCCCC1. The van der Waals surface area contributed by atoms with Crippen LogP contribution in [0.4, 0.5) is 0 Å². The first kappa shape index (κ1) is 14.0. The second-order valence-electron chi connectivity index (χ2n) is 5.65. The van der Waals surface area contributed by atoms with E-state index in [0.717, 1.165) is 12.3 Å². The fourth-order valence-electron chi connectivity index (χ4n) is 2.94. The van der Waals surface area contributed by atoms with E-state index in [0.29, 0.717) is 4.83 Å². The Kier molecular flexibility index (Phi) is 5.68. The lowest BCUT2D eigenvalue weighted by Gasteiger charge is -2.22. The smallest absolute Gasteiger partial charge is 0.0443 e. The molecule has 1 unspecified atom stereocenters. The van der Waals surface area contributed by atoms with Gasteiger partial charge in [0.05, 0.1) is 0 Å². The third-order valence-electron chi connectivity index (χ3n) is 4.15. The fraction of sp³-hybridized carbons (Fsp3) is 0.688. The van der Waals surface area contributed by atoms with Crippen LogP contribution < -0.4 is 0 Å². The van der Waals surface area contributed by atoms with Crippen LogP contribution in [-0.2, 0) is 6.42 Å². The van der Waals surface area contributed by atoms with Gasteiger partial charge < -0.3 is 0 Å². The normalized spacial score (nSPS) is 18.8. The molecule has 1 fully saturated rings. The zero-order valence-corrected chi connectivity index (χ0v) is 13.0. The number of aromatic nitrogens is 1. The maximum atomic E-state index is 4.48. The maximum Gasteiger partial charge on any atom is 0.0443 e. The van der Waals surface area contributed by atoms with Gasteiger partial charge in [-0.3, -0.25) is 4.98 Å². The highest BCUT2D eigenvalue weighted by Gasteiger charge is 2.15. The molecule has 2 rings (SSSR count). The zero-order valence-electron chi connectivity index (χ0n) is 11.4. The van der Waals surface area contributed by atoms with Crippen molar-refractivity contribution in [2.75, 3.05) is 0 Å². The van der Waals surface area contributed by atoms with E-state index in [1.54, 1.807) is 0 Å². The van der Waals surface area contributed by atoms with Crippen LogP contribution in [0, 0.1) is 12.8 Å². The molecule has 1 saturated carbocycles. The average Bonchev–Trinajstić information content (AvgIpc) is 2.40. The predicted molar refractivity (Wildman–Crippen MR) is 81.2 cm³/mol. The summed E-state index contributed by atoms with van der Waals surface area (Å²) in [6.07, 6.45) is 12.9. The summed E-state index contributed by atoms with van der Waals surface area (Å²) in [4.78, 5) is 5.07. The molecule has 0 amide bonds. The van der Waals surface area contributed by atoms with E-state index < -0.39 is 0 Å². The van der Waals surface area contributed by atoms with Gasteiger partial charge in [0, 0.05) is 23.1 Å². The molecule has 18 heavy (non-hydrogen) atoms. The maximum absolute atomic E-state index is 4.48. The minimum atomic E-state index is 0.591. The third-order valence-corrected chi connectivity index (χ3v) is 4.93. The van der Waals surface area contributed by atoms with Crippen molar-refractivity contribution in [3.05, 3.63) is 29.6 Å². The number of rotatable bonds is 5. The van der Waals surface area contributed by atoms with E-state index in [1.165, 1.54) is 56.2 Å². The van der Waals surface area contributed by atoms with Gasteiger partial charge in [0.25, 0.3) is 0 Å². The van der Waals surface area contributed by atoms with Gasteiger partial charge in [0.15, 0.2) is 0 Å². The number of hydrogen-bond donors (Lipinski definition) is 0.